The third-order valence-electron chi connectivity index (χ3n) is 5.01. The van der Waals surface area contributed by atoms with E-state index in [1.807, 2.05) is 0 Å². The topological polar surface area (TPSA) is 128 Å². The van der Waals surface area contributed by atoms with Crippen LogP contribution in [0.25, 0.3) is 21.3 Å². The van der Waals surface area contributed by atoms with Crippen molar-refractivity contribution in [3.05, 3.63) is 42.0 Å². The molecular weight excluding hydrogens is 503 g/mol. The van der Waals surface area contributed by atoms with Crippen LogP contribution in [0.5, 0.6) is 5.75 Å². The predicted molar refractivity (Wildman–Crippen MR) is 125 cm³/mol. The van der Waals surface area contributed by atoms with Crippen molar-refractivity contribution < 1.29 is 37.3 Å². The summed E-state index contributed by atoms with van der Waals surface area (Å²) in [5.41, 5.74) is 1.84. The van der Waals surface area contributed by atoms with Crippen LogP contribution in [-0.2, 0) is 16.6 Å². The lowest BCUT2D eigenvalue weighted by atomic mass is 10.1. The molecule has 0 fully saturated rings. The zero-order chi connectivity index (χ0) is 26.0. The number of nitrogens with zero attached hydrogens (tertiary/aromatic N) is 3. The van der Waals surface area contributed by atoms with E-state index in [1.54, 1.807) is 30.7 Å². The van der Waals surface area contributed by atoms with Crippen LogP contribution < -0.4 is 15.4 Å². The van der Waals surface area contributed by atoms with Crippen molar-refractivity contribution >= 4 is 55.5 Å². The highest BCUT2D eigenvalue weighted by Gasteiger charge is 2.31. The number of hydrogen-bond donors (Lipinski definition) is 3. The van der Waals surface area contributed by atoms with E-state index >= 15 is 0 Å². The molecule has 0 saturated carbocycles. The number of aromatic nitrogens is 3. The summed E-state index contributed by atoms with van der Waals surface area (Å²) in [6.07, 6.45) is -4.79. The monoisotopic (exact) mass is 523 g/mol. The molecule has 0 saturated heterocycles. The molecule has 2 aromatic heterocycles. The van der Waals surface area contributed by atoms with Gasteiger partial charge in [-0.2, -0.15) is 0 Å². The van der Waals surface area contributed by atoms with Crippen LogP contribution in [0.2, 0.25) is 0 Å². The van der Waals surface area contributed by atoms with Gasteiger partial charge < -0.3 is 29.8 Å². The lowest BCUT2D eigenvalue weighted by molar-refractivity contribution is -0.274. The molecule has 1 atom stereocenters. The molecule has 0 aliphatic carbocycles. The number of anilines is 2. The molecule has 0 radical (unpaired) electrons. The fourth-order valence-electron chi connectivity index (χ4n) is 3.37. The number of thiazole rings is 1. The van der Waals surface area contributed by atoms with Gasteiger partial charge >= 0.3 is 12.3 Å². The summed E-state index contributed by atoms with van der Waals surface area (Å²) in [5.74, 6) is -1.29. The van der Waals surface area contributed by atoms with Gasteiger partial charge in [-0.05, 0) is 37.3 Å². The number of benzene rings is 2. The van der Waals surface area contributed by atoms with Gasteiger partial charge in [-0.3, -0.25) is 4.79 Å². The first-order valence-electron chi connectivity index (χ1n) is 10.6. The number of hydrogen-bond acceptors (Lipinski definition) is 9. The number of carbonyl (C=O) groups excluding carboxylic acids is 2. The second-order valence-corrected chi connectivity index (χ2v) is 8.51. The summed E-state index contributed by atoms with van der Waals surface area (Å²) in [7, 11) is 1.74. The Bertz CT molecular complexity index is 1430. The summed E-state index contributed by atoms with van der Waals surface area (Å²) >= 11 is 1.12. The Labute approximate surface area is 205 Å². The number of alkyl halides is 3. The van der Waals surface area contributed by atoms with Crippen molar-refractivity contribution in [2.24, 2.45) is 7.05 Å². The van der Waals surface area contributed by atoms with Gasteiger partial charge in [0.05, 0.1) is 34.5 Å². The zero-order valence-electron chi connectivity index (χ0n) is 18.9. The van der Waals surface area contributed by atoms with E-state index in [2.05, 4.69) is 25.3 Å². The smallest absolute Gasteiger partial charge is 0.464 e. The van der Waals surface area contributed by atoms with Crippen molar-refractivity contribution in [2.75, 3.05) is 18.5 Å². The van der Waals surface area contributed by atoms with E-state index in [-0.39, 0.29) is 17.9 Å². The van der Waals surface area contributed by atoms with Gasteiger partial charge in [0.2, 0.25) is 5.95 Å². The number of aryl methyl sites for hydroxylation is 1. The molecule has 4 aromatic rings. The number of nitrogens with one attached hydrogen (secondary N) is 2. The number of ether oxygens (including phenoxy) is 2. The van der Waals surface area contributed by atoms with Crippen molar-refractivity contribution in [1.82, 2.24) is 19.9 Å². The number of amides is 1. The Hall–Kier alpha value is -3.91. The predicted octanol–water partition coefficient (Wildman–Crippen LogP) is 3.48. The van der Waals surface area contributed by atoms with E-state index in [4.69, 9.17) is 4.74 Å². The van der Waals surface area contributed by atoms with Crippen LogP contribution in [0.15, 0.2) is 36.4 Å². The maximum Gasteiger partial charge on any atom is 0.573 e. The third kappa shape index (κ3) is 5.49. The van der Waals surface area contributed by atoms with Crippen LogP contribution in [0, 0.1) is 0 Å². The second kappa shape index (κ2) is 9.99. The Morgan fingerprint density at radius 2 is 1.94 bits per heavy atom. The molecule has 2 heterocycles. The molecule has 0 aliphatic heterocycles. The number of rotatable bonds is 8. The largest absolute Gasteiger partial charge is 0.573 e. The molecule has 1 amide bonds. The standard InChI is InChI=1S/C22H20F3N5O5S/c1-3-34-19(33)15(10-31)26-18(32)11-4-7-16-14(8-11)27-20(30(16)2)29-21-28-13-6-5-12(9-17(13)36-21)35-22(23,24)25/h4-9,15,31H,3,10H2,1-2H3,(H,26,32)(H,27,28,29). The number of carbonyl (C=O) groups is 2. The lowest BCUT2D eigenvalue weighted by Crippen LogP contribution is -2.44. The SMILES string of the molecule is CCOC(=O)C(CO)NC(=O)c1ccc2c(c1)nc(Nc1nc3ccc(OC(F)(F)F)cc3s1)n2C. The van der Waals surface area contributed by atoms with E-state index in [0.29, 0.717) is 32.3 Å². The van der Waals surface area contributed by atoms with Gasteiger partial charge in [0.1, 0.15) is 5.75 Å². The summed E-state index contributed by atoms with van der Waals surface area (Å²) in [4.78, 5) is 33.3. The first kappa shape index (κ1) is 25.2. The number of aliphatic hydroxyl groups is 1. The molecule has 4 rings (SSSR count). The number of esters is 1. The molecular formula is C22H20F3N5O5S. The van der Waals surface area contributed by atoms with Crippen molar-refractivity contribution in [1.29, 1.82) is 0 Å². The molecule has 1 unspecified atom stereocenters. The molecule has 14 heteroatoms. The average molecular weight is 523 g/mol. The molecule has 190 valence electrons. The zero-order valence-corrected chi connectivity index (χ0v) is 19.7. The van der Waals surface area contributed by atoms with Gasteiger partial charge in [-0.25, -0.2) is 14.8 Å². The van der Waals surface area contributed by atoms with Crippen molar-refractivity contribution in [2.45, 2.75) is 19.3 Å². The van der Waals surface area contributed by atoms with Gasteiger partial charge in [-0.1, -0.05) is 11.3 Å². The number of aliphatic hydroxyl groups excluding tert-OH is 1. The maximum absolute atomic E-state index is 12.6. The minimum Gasteiger partial charge on any atom is -0.464 e. The van der Waals surface area contributed by atoms with Crippen LogP contribution in [0.3, 0.4) is 0 Å². The Kier molecular flexibility index (Phi) is 6.99. The van der Waals surface area contributed by atoms with Crippen LogP contribution in [0.1, 0.15) is 17.3 Å². The number of imidazole rings is 1. The van der Waals surface area contributed by atoms with Crippen LogP contribution >= 0.6 is 11.3 Å². The summed E-state index contributed by atoms with van der Waals surface area (Å²) in [5, 5.41) is 15.2. The minimum absolute atomic E-state index is 0.109. The van der Waals surface area contributed by atoms with E-state index in [1.165, 1.54) is 24.3 Å². The highest BCUT2D eigenvalue weighted by molar-refractivity contribution is 7.22. The molecule has 0 bridgehead atoms. The Morgan fingerprint density at radius 1 is 1.17 bits per heavy atom. The lowest BCUT2D eigenvalue weighted by Gasteiger charge is -2.14. The number of halogens is 3. The Balaban J connectivity index is 1.54. The summed E-state index contributed by atoms with van der Waals surface area (Å²) in [6.45, 7) is 1.11. The highest BCUT2D eigenvalue weighted by Crippen LogP contribution is 2.33. The van der Waals surface area contributed by atoms with Gasteiger partial charge in [0, 0.05) is 18.7 Å². The molecule has 3 N–H and O–H groups in total. The van der Waals surface area contributed by atoms with E-state index in [0.717, 1.165) is 11.3 Å². The maximum atomic E-state index is 12.6. The Morgan fingerprint density at radius 3 is 2.64 bits per heavy atom. The number of fused-ring (bicyclic) bond motifs is 2. The minimum atomic E-state index is -4.79. The molecule has 10 nitrogen and oxygen atoms in total. The average Bonchev–Trinajstić information content (AvgIpc) is 3.35. The molecule has 36 heavy (non-hydrogen) atoms. The van der Waals surface area contributed by atoms with E-state index in [9.17, 15) is 27.9 Å². The fourth-order valence-corrected chi connectivity index (χ4v) is 4.26. The third-order valence-corrected chi connectivity index (χ3v) is 5.95. The first-order valence-corrected chi connectivity index (χ1v) is 11.4. The molecule has 0 aliphatic rings. The molecule has 0 spiro atoms. The van der Waals surface area contributed by atoms with Gasteiger partial charge in [-0.15, -0.1) is 13.2 Å². The second-order valence-electron chi connectivity index (χ2n) is 7.48. The van der Waals surface area contributed by atoms with Gasteiger partial charge in [0.15, 0.2) is 11.2 Å². The van der Waals surface area contributed by atoms with Crippen LogP contribution in [0.4, 0.5) is 24.3 Å². The fraction of sp³-hybridized carbons (Fsp3) is 0.273. The summed E-state index contributed by atoms with van der Waals surface area (Å²) < 4.78 is 48.5. The normalized spacial score (nSPS) is 12.5. The first-order chi connectivity index (χ1) is 17.1. The molecule has 2 aromatic carbocycles. The van der Waals surface area contributed by atoms with E-state index < -0.39 is 30.9 Å². The van der Waals surface area contributed by atoms with Crippen molar-refractivity contribution in [3.63, 3.8) is 0 Å². The van der Waals surface area contributed by atoms with Crippen LogP contribution in [-0.4, -0.2) is 57.1 Å². The van der Waals surface area contributed by atoms with Crippen molar-refractivity contribution in [3.8, 4) is 5.75 Å². The highest BCUT2D eigenvalue weighted by atomic mass is 32.1. The summed E-state index contributed by atoms with van der Waals surface area (Å²) in [6, 6.07) is 7.39. The van der Waals surface area contributed by atoms with Gasteiger partial charge in [0.25, 0.3) is 5.91 Å². The quantitative estimate of drug-likeness (QED) is 0.300.